The van der Waals surface area contributed by atoms with Crippen molar-refractivity contribution in [2.24, 2.45) is 7.05 Å². The predicted octanol–water partition coefficient (Wildman–Crippen LogP) is 4.35. The summed E-state index contributed by atoms with van der Waals surface area (Å²) in [5.41, 5.74) is 5.65. The van der Waals surface area contributed by atoms with E-state index in [1.807, 2.05) is 0 Å². The van der Waals surface area contributed by atoms with Crippen molar-refractivity contribution in [1.82, 2.24) is 24.9 Å². The molecule has 6 nitrogen and oxygen atoms in total. The molecule has 7 heteroatoms. The average Bonchev–Trinajstić information content (AvgIpc) is 3.51. The van der Waals surface area contributed by atoms with Gasteiger partial charge in [-0.05, 0) is 74.4 Å². The number of fused-ring (bicyclic) bond motifs is 1. The van der Waals surface area contributed by atoms with Gasteiger partial charge in [0.15, 0.2) is 0 Å². The summed E-state index contributed by atoms with van der Waals surface area (Å²) in [4.78, 5) is 12.9. The summed E-state index contributed by atoms with van der Waals surface area (Å²) in [5.74, 6) is -0.471. The van der Waals surface area contributed by atoms with Crippen LogP contribution in [0.1, 0.15) is 72.0 Å². The van der Waals surface area contributed by atoms with Crippen LogP contribution in [-0.2, 0) is 26.4 Å². The molecule has 1 amide bonds. The van der Waals surface area contributed by atoms with Crippen LogP contribution in [0.15, 0.2) is 30.3 Å². The van der Waals surface area contributed by atoms with Crippen molar-refractivity contribution in [3.63, 3.8) is 0 Å². The molecule has 0 unspecified atom stereocenters. The minimum Gasteiger partial charge on any atom is -0.345 e. The summed E-state index contributed by atoms with van der Waals surface area (Å²) in [7, 11) is 1.75. The van der Waals surface area contributed by atoms with Crippen molar-refractivity contribution in [1.29, 1.82) is 0 Å². The fraction of sp³-hybridized carbons (Fsp3) is 0.458. The van der Waals surface area contributed by atoms with Crippen LogP contribution in [0.2, 0.25) is 0 Å². The van der Waals surface area contributed by atoms with Crippen LogP contribution in [0.3, 0.4) is 0 Å². The molecule has 0 radical (unpaired) electrons. The topological polar surface area (TPSA) is 64.7 Å². The maximum Gasteiger partial charge on any atom is 0.269 e. The van der Waals surface area contributed by atoms with Gasteiger partial charge in [0.1, 0.15) is 11.5 Å². The lowest BCUT2D eigenvalue weighted by atomic mass is 9.95. The average molecular weight is 422 g/mol. The van der Waals surface area contributed by atoms with E-state index in [0.29, 0.717) is 24.0 Å². The number of nitrogens with one attached hydrogen (secondary N) is 1. The zero-order chi connectivity index (χ0) is 21.4. The van der Waals surface area contributed by atoms with E-state index in [1.54, 1.807) is 29.9 Å². The standard InChI is InChI=1S/C24H28FN5O/c1-29-23(14-20(27-29)16-10-12-17(25)13-11-16)24(31)26-15-21-19-8-4-5-9-22(19)30(28-21)18-6-2-3-7-18/h10-14,18H,2-9,15H2,1H3,(H,26,31). The highest BCUT2D eigenvalue weighted by Gasteiger charge is 2.27. The number of hydrogen-bond donors (Lipinski definition) is 1. The number of carbonyl (C=O) groups excluding carboxylic acids is 1. The molecule has 1 saturated carbocycles. The number of hydrogen-bond acceptors (Lipinski definition) is 3. The molecule has 0 spiro atoms. The van der Waals surface area contributed by atoms with Gasteiger partial charge in [-0.1, -0.05) is 12.8 Å². The van der Waals surface area contributed by atoms with Crippen LogP contribution >= 0.6 is 0 Å². The molecule has 2 aromatic heterocycles. The Balaban J connectivity index is 1.33. The number of rotatable bonds is 5. The molecule has 2 aliphatic carbocycles. The largest absolute Gasteiger partial charge is 0.345 e. The molecule has 31 heavy (non-hydrogen) atoms. The van der Waals surface area contributed by atoms with E-state index in [4.69, 9.17) is 5.10 Å². The molecule has 3 aromatic rings. The molecule has 162 valence electrons. The highest BCUT2D eigenvalue weighted by molar-refractivity contribution is 5.93. The molecular formula is C24H28FN5O. The van der Waals surface area contributed by atoms with E-state index >= 15 is 0 Å². The number of amides is 1. The third-order valence-corrected chi connectivity index (χ3v) is 6.63. The first kappa shape index (κ1) is 20.0. The number of carbonyl (C=O) groups is 1. The van der Waals surface area contributed by atoms with Gasteiger partial charge in [-0.2, -0.15) is 10.2 Å². The maximum atomic E-state index is 13.2. The van der Waals surface area contributed by atoms with E-state index in [0.717, 1.165) is 24.1 Å². The minimum absolute atomic E-state index is 0.177. The number of benzene rings is 1. The molecule has 1 aromatic carbocycles. The molecule has 1 fully saturated rings. The highest BCUT2D eigenvalue weighted by atomic mass is 19.1. The van der Waals surface area contributed by atoms with Crippen LogP contribution in [0, 0.1) is 5.82 Å². The molecule has 1 N–H and O–H groups in total. The number of aromatic nitrogens is 4. The molecule has 2 aliphatic rings. The molecule has 0 aliphatic heterocycles. The van der Waals surface area contributed by atoms with Crippen molar-refractivity contribution in [3.8, 4) is 11.3 Å². The fourth-order valence-electron chi connectivity index (χ4n) is 4.99. The van der Waals surface area contributed by atoms with Gasteiger partial charge >= 0.3 is 0 Å². The normalized spacial score (nSPS) is 16.5. The van der Waals surface area contributed by atoms with Gasteiger partial charge in [-0.25, -0.2) is 4.39 Å². The number of halogens is 1. The van der Waals surface area contributed by atoms with Gasteiger partial charge in [0.2, 0.25) is 0 Å². The second-order valence-corrected chi connectivity index (χ2v) is 8.69. The second kappa shape index (κ2) is 8.29. The van der Waals surface area contributed by atoms with Gasteiger partial charge in [-0.15, -0.1) is 0 Å². The van der Waals surface area contributed by atoms with Gasteiger partial charge < -0.3 is 5.32 Å². The van der Waals surface area contributed by atoms with Gasteiger partial charge in [0.05, 0.1) is 24.0 Å². The Morgan fingerprint density at radius 3 is 2.61 bits per heavy atom. The third-order valence-electron chi connectivity index (χ3n) is 6.63. The summed E-state index contributed by atoms with van der Waals surface area (Å²) >= 11 is 0. The molecule has 0 atom stereocenters. The summed E-state index contributed by atoms with van der Waals surface area (Å²) in [6.45, 7) is 0.429. The summed E-state index contributed by atoms with van der Waals surface area (Å²) in [6.07, 6.45) is 9.53. The summed E-state index contributed by atoms with van der Waals surface area (Å²) in [5, 5.41) is 12.4. The lowest BCUT2D eigenvalue weighted by Gasteiger charge is -2.18. The van der Waals surface area contributed by atoms with Crippen LogP contribution in [0.4, 0.5) is 4.39 Å². The van der Waals surface area contributed by atoms with Gasteiger partial charge in [0.25, 0.3) is 5.91 Å². The Labute approximate surface area is 181 Å². The van der Waals surface area contributed by atoms with Gasteiger partial charge in [-0.3, -0.25) is 14.2 Å². The van der Waals surface area contributed by atoms with E-state index < -0.39 is 0 Å². The van der Waals surface area contributed by atoms with E-state index in [9.17, 15) is 9.18 Å². The quantitative estimate of drug-likeness (QED) is 0.666. The lowest BCUT2D eigenvalue weighted by Crippen LogP contribution is -2.26. The molecule has 0 bridgehead atoms. The van der Waals surface area contributed by atoms with Crippen molar-refractivity contribution >= 4 is 5.91 Å². The van der Waals surface area contributed by atoms with Crippen LogP contribution in [-0.4, -0.2) is 25.5 Å². The lowest BCUT2D eigenvalue weighted by molar-refractivity contribution is 0.0941. The zero-order valence-corrected chi connectivity index (χ0v) is 17.9. The smallest absolute Gasteiger partial charge is 0.269 e. The van der Waals surface area contributed by atoms with Crippen molar-refractivity contribution in [3.05, 3.63) is 58.8 Å². The number of nitrogens with zero attached hydrogens (tertiary/aromatic N) is 4. The van der Waals surface area contributed by atoms with Crippen molar-refractivity contribution in [2.45, 2.75) is 64.0 Å². The first-order valence-electron chi connectivity index (χ1n) is 11.3. The molecule has 2 heterocycles. The van der Waals surface area contributed by atoms with Crippen LogP contribution in [0.5, 0.6) is 0 Å². The fourth-order valence-corrected chi connectivity index (χ4v) is 4.99. The predicted molar refractivity (Wildman–Crippen MR) is 116 cm³/mol. The van der Waals surface area contributed by atoms with Crippen LogP contribution < -0.4 is 5.32 Å². The number of aryl methyl sites for hydroxylation is 1. The summed E-state index contributed by atoms with van der Waals surface area (Å²) < 4.78 is 17.0. The first-order valence-corrected chi connectivity index (χ1v) is 11.3. The third kappa shape index (κ3) is 3.89. The first-order chi connectivity index (χ1) is 15.1. The van der Waals surface area contributed by atoms with Crippen molar-refractivity contribution in [2.75, 3.05) is 0 Å². The second-order valence-electron chi connectivity index (χ2n) is 8.69. The van der Waals surface area contributed by atoms with Gasteiger partial charge in [0, 0.05) is 18.3 Å². The minimum atomic E-state index is -0.293. The Morgan fingerprint density at radius 2 is 1.84 bits per heavy atom. The van der Waals surface area contributed by atoms with E-state index in [-0.39, 0.29) is 11.7 Å². The molecule has 0 saturated heterocycles. The maximum absolute atomic E-state index is 13.2. The van der Waals surface area contributed by atoms with Crippen molar-refractivity contribution < 1.29 is 9.18 Å². The Kier molecular flexibility index (Phi) is 5.34. The summed E-state index contributed by atoms with van der Waals surface area (Å²) in [6, 6.07) is 8.39. The zero-order valence-electron chi connectivity index (χ0n) is 17.9. The van der Waals surface area contributed by atoms with E-state index in [2.05, 4.69) is 15.1 Å². The Bertz CT molecular complexity index is 1090. The Morgan fingerprint density at radius 1 is 1.10 bits per heavy atom. The SMILES string of the molecule is Cn1nc(-c2ccc(F)cc2)cc1C(=O)NCc1nn(C2CCCC2)c2c1CCCC2. The molecular weight excluding hydrogens is 393 g/mol. The monoisotopic (exact) mass is 421 g/mol. The van der Waals surface area contributed by atoms with Crippen LogP contribution in [0.25, 0.3) is 11.3 Å². The highest BCUT2D eigenvalue weighted by Crippen LogP contribution is 2.34. The van der Waals surface area contributed by atoms with E-state index in [1.165, 1.54) is 61.9 Å². The molecule has 5 rings (SSSR count). The Hall–Kier alpha value is -2.96.